The van der Waals surface area contributed by atoms with Crippen LogP contribution in [-0.4, -0.2) is 7.11 Å². The molecule has 2 aromatic rings. The van der Waals surface area contributed by atoms with Crippen LogP contribution in [0.3, 0.4) is 0 Å². The molecule has 0 amide bonds. The maximum Gasteiger partial charge on any atom is 0.120 e. The van der Waals surface area contributed by atoms with Crippen molar-refractivity contribution in [2.75, 3.05) is 12.8 Å². The van der Waals surface area contributed by atoms with Crippen molar-refractivity contribution in [3.05, 3.63) is 58.6 Å². The third-order valence-corrected chi connectivity index (χ3v) is 2.87. The molecule has 0 heterocycles. The summed E-state index contributed by atoms with van der Waals surface area (Å²) in [6, 6.07) is 13.5. The van der Waals surface area contributed by atoms with E-state index in [2.05, 4.69) is 0 Å². The van der Waals surface area contributed by atoms with Gasteiger partial charge in [-0.1, -0.05) is 29.8 Å². The van der Waals surface area contributed by atoms with Crippen LogP contribution in [0.1, 0.15) is 11.1 Å². The molecular formula is C14H14ClNO. The summed E-state index contributed by atoms with van der Waals surface area (Å²) in [6.45, 7) is 0. The summed E-state index contributed by atoms with van der Waals surface area (Å²) in [5.74, 6) is 0.775. The van der Waals surface area contributed by atoms with Gasteiger partial charge < -0.3 is 10.5 Å². The van der Waals surface area contributed by atoms with Crippen molar-refractivity contribution in [2.24, 2.45) is 0 Å². The highest BCUT2D eigenvalue weighted by molar-refractivity contribution is 6.30. The number of ether oxygens (including phenoxy) is 1. The zero-order chi connectivity index (χ0) is 12.3. The Bertz CT molecular complexity index is 525. The van der Waals surface area contributed by atoms with Gasteiger partial charge in [0.05, 0.1) is 7.11 Å². The number of methoxy groups -OCH3 is 1. The highest BCUT2D eigenvalue weighted by atomic mass is 35.5. The van der Waals surface area contributed by atoms with Crippen molar-refractivity contribution in [1.29, 1.82) is 0 Å². The van der Waals surface area contributed by atoms with Gasteiger partial charge in [0.25, 0.3) is 0 Å². The van der Waals surface area contributed by atoms with E-state index in [4.69, 9.17) is 22.1 Å². The summed E-state index contributed by atoms with van der Waals surface area (Å²) in [5.41, 5.74) is 8.93. The molecule has 0 radical (unpaired) electrons. The van der Waals surface area contributed by atoms with Crippen LogP contribution in [-0.2, 0) is 6.42 Å². The fourth-order valence-electron chi connectivity index (χ4n) is 1.73. The second kappa shape index (κ2) is 5.11. The summed E-state index contributed by atoms with van der Waals surface area (Å²) >= 11 is 5.95. The highest BCUT2D eigenvalue weighted by Gasteiger charge is 2.03. The van der Waals surface area contributed by atoms with E-state index in [9.17, 15) is 0 Å². The fraction of sp³-hybridized carbons (Fsp3) is 0.143. The third-order valence-electron chi connectivity index (χ3n) is 2.64. The Hall–Kier alpha value is -1.67. The molecule has 88 valence electrons. The van der Waals surface area contributed by atoms with Gasteiger partial charge in [0, 0.05) is 16.8 Å². The van der Waals surface area contributed by atoms with E-state index < -0.39 is 0 Å². The molecule has 2 N–H and O–H groups in total. The summed E-state index contributed by atoms with van der Waals surface area (Å²) in [6.07, 6.45) is 0.774. The smallest absolute Gasteiger partial charge is 0.120 e. The molecule has 3 heteroatoms. The minimum Gasteiger partial charge on any atom is -0.497 e. The average Bonchev–Trinajstić information content (AvgIpc) is 2.32. The normalized spacial score (nSPS) is 10.2. The van der Waals surface area contributed by atoms with E-state index in [0.717, 1.165) is 34.0 Å². The van der Waals surface area contributed by atoms with Gasteiger partial charge in [-0.2, -0.15) is 0 Å². The number of anilines is 1. The molecule has 0 aromatic heterocycles. The molecule has 0 aliphatic heterocycles. The highest BCUT2D eigenvalue weighted by Crippen LogP contribution is 2.23. The number of nitrogens with two attached hydrogens (primary N) is 1. The molecule has 0 spiro atoms. The summed E-state index contributed by atoms with van der Waals surface area (Å²) < 4.78 is 5.12. The molecule has 0 aliphatic rings. The molecule has 17 heavy (non-hydrogen) atoms. The molecule has 2 nitrogen and oxygen atoms in total. The van der Waals surface area contributed by atoms with Gasteiger partial charge in [0.15, 0.2) is 0 Å². The van der Waals surface area contributed by atoms with Crippen molar-refractivity contribution in [3.8, 4) is 5.75 Å². The molecule has 0 atom stereocenters. The Morgan fingerprint density at radius 1 is 1.18 bits per heavy atom. The molecule has 0 fully saturated rings. The van der Waals surface area contributed by atoms with Crippen molar-refractivity contribution < 1.29 is 4.74 Å². The first-order chi connectivity index (χ1) is 8.19. The molecule has 0 unspecified atom stereocenters. The van der Waals surface area contributed by atoms with Crippen LogP contribution in [0.25, 0.3) is 0 Å². The minimum absolute atomic E-state index is 0.740. The lowest BCUT2D eigenvalue weighted by molar-refractivity contribution is 0.415. The summed E-state index contributed by atoms with van der Waals surface area (Å²) in [7, 11) is 1.63. The van der Waals surface area contributed by atoms with Gasteiger partial charge >= 0.3 is 0 Å². The molecule has 2 aromatic carbocycles. The van der Waals surface area contributed by atoms with E-state index in [1.54, 1.807) is 7.11 Å². The Kier molecular flexibility index (Phi) is 3.55. The first-order valence-corrected chi connectivity index (χ1v) is 5.73. The number of rotatable bonds is 3. The number of hydrogen-bond acceptors (Lipinski definition) is 2. The molecule has 0 bridgehead atoms. The first kappa shape index (κ1) is 11.8. The lowest BCUT2D eigenvalue weighted by atomic mass is 10.0. The topological polar surface area (TPSA) is 35.2 Å². The number of hydrogen-bond donors (Lipinski definition) is 1. The van der Waals surface area contributed by atoms with Crippen molar-refractivity contribution in [1.82, 2.24) is 0 Å². The molecule has 0 aliphatic carbocycles. The van der Waals surface area contributed by atoms with Crippen LogP contribution in [0.15, 0.2) is 42.5 Å². The quantitative estimate of drug-likeness (QED) is 0.843. The van der Waals surface area contributed by atoms with E-state index >= 15 is 0 Å². The minimum atomic E-state index is 0.740. The maximum atomic E-state index is 5.97. The second-order valence-electron chi connectivity index (χ2n) is 3.87. The fourth-order valence-corrected chi connectivity index (χ4v) is 1.94. The monoisotopic (exact) mass is 247 g/mol. The Morgan fingerprint density at radius 3 is 2.65 bits per heavy atom. The van der Waals surface area contributed by atoms with Crippen LogP contribution in [0.5, 0.6) is 5.75 Å². The summed E-state index contributed by atoms with van der Waals surface area (Å²) in [5, 5.41) is 0.745. The Morgan fingerprint density at radius 2 is 2.00 bits per heavy atom. The molecule has 0 saturated carbocycles. The zero-order valence-corrected chi connectivity index (χ0v) is 10.4. The molecule has 2 rings (SSSR count). The number of nitrogen functional groups attached to an aromatic ring is 1. The summed E-state index contributed by atoms with van der Waals surface area (Å²) in [4.78, 5) is 0. The third kappa shape index (κ3) is 2.92. The largest absolute Gasteiger partial charge is 0.497 e. The van der Waals surface area contributed by atoms with Crippen molar-refractivity contribution in [2.45, 2.75) is 6.42 Å². The van der Waals surface area contributed by atoms with Crippen LogP contribution in [0.2, 0.25) is 5.02 Å². The van der Waals surface area contributed by atoms with Gasteiger partial charge in [-0.3, -0.25) is 0 Å². The van der Waals surface area contributed by atoms with Crippen LogP contribution >= 0.6 is 11.6 Å². The second-order valence-corrected chi connectivity index (χ2v) is 4.31. The van der Waals surface area contributed by atoms with E-state index in [1.807, 2.05) is 42.5 Å². The zero-order valence-electron chi connectivity index (χ0n) is 9.61. The number of halogens is 1. The predicted molar refractivity (Wildman–Crippen MR) is 71.7 cm³/mol. The molecule has 0 saturated heterocycles. The standard InChI is InChI=1S/C14H14ClNO/c1-17-13-6-5-11(14(16)9-13)7-10-3-2-4-12(15)8-10/h2-6,8-9H,7,16H2,1H3. The van der Waals surface area contributed by atoms with Gasteiger partial charge in [-0.15, -0.1) is 0 Å². The van der Waals surface area contributed by atoms with E-state index in [0.29, 0.717) is 0 Å². The lowest BCUT2D eigenvalue weighted by Crippen LogP contribution is -1.96. The maximum absolute atomic E-state index is 5.97. The lowest BCUT2D eigenvalue weighted by Gasteiger charge is -2.08. The van der Waals surface area contributed by atoms with Gasteiger partial charge in [-0.25, -0.2) is 0 Å². The predicted octanol–water partition coefficient (Wildman–Crippen LogP) is 3.52. The van der Waals surface area contributed by atoms with Gasteiger partial charge in [0.1, 0.15) is 5.75 Å². The average molecular weight is 248 g/mol. The van der Waals surface area contributed by atoms with Crippen LogP contribution in [0.4, 0.5) is 5.69 Å². The molecular weight excluding hydrogens is 234 g/mol. The van der Waals surface area contributed by atoms with Crippen molar-refractivity contribution >= 4 is 17.3 Å². The van der Waals surface area contributed by atoms with Crippen LogP contribution in [0, 0.1) is 0 Å². The van der Waals surface area contributed by atoms with E-state index in [1.165, 1.54) is 0 Å². The Labute approximate surface area is 106 Å². The van der Waals surface area contributed by atoms with Crippen molar-refractivity contribution in [3.63, 3.8) is 0 Å². The Balaban J connectivity index is 2.24. The SMILES string of the molecule is COc1ccc(Cc2cccc(Cl)c2)c(N)c1. The number of benzene rings is 2. The van der Waals surface area contributed by atoms with Crippen LogP contribution < -0.4 is 10.5 Å². The van der Waals surface area contributed by atoms with Gasteiger partial charge in [0.2, 0.25) is 0 Å². The van der Waals surface area contributed by atoms with Gasteiger partial charge in [-0.05, 0) is 35.7 Å². The van der Waals surface area contributed by atoms with E-state index in [-0.39, 0.29) is 0 Å². The first-order valence-electron chi connectivity index (χ1n) is 5.36.